The molecule has 3 saturated heterocycles. The Hall–Kier alpha value is -2.20. The summed E-state index contributed by atoms with van der Waals surface area (Å²) in [5, 5.41) is 11.0. The molecule has 3 heterocycles. The third-order valence-electron chi connectivity index (χ3n) is 8.14. The molecule has 3 aliphatic heterocycles. The van der Waals surface area contributed by atoms with E-state index in [1.54, 1.807) is 35.2 Å². The Kier molecular flexibility index (Phi) is 8.71. The highest BCUT2D eigenvalue weighted by Gasteiger charge is 2.77. The molecule has 10 heteroatoms. The summed E-state index contributed by atoms with van der Waals surface area (Å²) in [5.41, 5.74) is -0.682. The van der Waals surface area contributed by atoms with Crippen LogP contribution in [0.5, 0.6) is 0 Å². The first-order chi connectivity index (χ1) is 18.2. The number of hydrogen-bond donors (Lipinski definition) is 1. The van der Waals surface area contributed by atoms with E-state index in [-0.39, 0.29) is 42.3 Å². The Bertz CT molecular complexity index is 1100. The molecule has 3 unspecified atom stereocenters. The number of hydrogen-bond acceptors (Lipinski definition) is 6. The zero-order valence-corrected chi connectivity index (χ0v) is 23.9. The highest BCUT2D eigenvalue weighted by Crippen LogP contribution is 2.61. The van der Waals surface area contributed by atoms with Crippen LogP contribution in [0.3, 0.4) is 0 Å². The number of nitrogens with zero attached hydrogens (tertiary/aromatic N) is 2. The average Bonchev–Trinajstić information content (AvgIpc) is 3.50. The normalized spacial score (nSPS) is 31.0. The van der Waals surface area contributed by atoms with Crippen LogP contribution >= 0.6 is 27.5 Å². The minimum absolute atomic E-state index is 0.00476. The first kappa shape index (κ1) is 28.8. The van der Waals surface area contributed by atoms with Gasteiger partial charge < -0.3 is 24.4 Å². The number of aliphatic hydroxyl groups is 1. The van der Waals surface area contributed by atoms with Crippen molar-refractivity contribution in [1.29, 1.82) is 0 Å². The van der Waals surface area contributed by atoms with E-state index in [9.17, 15) is 19.5 Å². The van der Waals surface area contributed by atoms with Crippen molar-refractivity contribution in [2.24, 2.45) is 17.8 Å². The number of carbonyl (C=O) groups excluding carboxylic acids is 3. The summed E-state index contributed by atoms with van der Waals surface area (Å²) >= 11 is 9.74. The molecule has 1 aromatic carbocycles. The molecule has 206 valence electrons. The van der Waals surface area contributed by atoms with Crippen molar-refractivity contribution in [3.8, 4) is 0 Å². The lowest BCUT2D eigenvalue weighted by Gasteiger charge is -2.41. The summed E-state index contributed by atoms with van der Waals surface area (Å²) in [6, 6.07) is 5.13. The smallest absolute Gasteiger partial charge is 0.312 e. The Labute approximate surface area is 236 Å². The van der Waals surface area contributed by atoms with Gasteiger partial charge in [0.2, 0.25) is 5.91 Å². The number of anilines is 1. The monoisotopic (exact) mass is 608 g/mol. The number of likely N-dealkylation sites (tertiary alicyclic amines) is 1. The number of rotatable bonds is 11. The van der Waals surface area contributed by atoms with Gasteiger partial charge in [-0.05, 0) is 36.6 Å². The number of alkyl halides is 1. The fourth-order valence-corrected chi connectivity index (χ4v) is 7.31. The van der Waals surface area contributed by atoms with Gasteiger partial charge >= 0.3 is 5.97 Å². The van der Waals surface area contributed by atoms with Gasteiger partial charge in [0.05, 0.1) is 30.6 Å². The number of fused-ring (bicyclic) bond motifs is 1. The average molecular weight is 610 g/mol. The van der Waals surface area contributed by atoms with Gasteiger partial charge in [-0.1, -0.05) is 66.5 Å². The van der Waals surface area contributed by atoms with Crippen molar-refractivity contribution in [2.75, 3.05) is 24.7 Å². The van der Waals surface area contributed by atoms with E-state index in [1.165, 1.54) is 11.0 Å². The van der Waals surface area contributed by atoms with Gasteiger partial charge in [0, 0.05) is 22.1 Å². The van der Waals surface area contributed by atoms with Gasteiger partial charge in [0.1, 0.15) is 18.2 Å². The Morgan fingerprint density at radius 2 is 2.03 bits per heavy atom. The Morgan fingerprint density at radius 1 is 1.34 bits per heavy atom. The molecule has 2 bridgehead atoms. The molecule has 1 N–H and O–H groups in total. The second kappa shape index (κ2) is 11.5. The van der Waals surface area contributed by atoms with Crippen LogP contribution in [0, 0.1) is 17.8 Å². The number of esters is 1. The summed E-state index contributed by atoms with van der Waals surface area (Å²) in [7, 11) is 0. The van der Waals surface area contributed by atoms with Crippen LogP contribution in [-0.2, 0) is 23.9 Å². The summed E-state index contributed by atoms with van der Waals surface area (Å²) in [5.74, 6) is -3.22. The molecule has 0 aromatic heterocycles. The first-order valence-corrected chi connectivity index (χ1v) is 14.2. The largest absolute Gasteiger partial charge is 0.461 e. The molecular weight excluding hydrogens is 576 g/mol. The van der Waals surface area contributed by atoms with Gasteiger partial charge in [0.15, 0.2) is 0 Å². The molecule has 0 saturated carbocycles. The highest BCUT2D eigenvalue weighted by atomic mass is 79.9. The highest BCUT2D eigenvalue weighted by molar-refractivity contribution is 9.09. The van der Waals surface area contributed by atoms with E-state index in [0.29, 0.717) is 23.6 Å². The number of aliphatic hydroxyl groups excluding tert-OH is 1. The van der Waals surface area contributed by atoms with E-state index >= 15 is 0 Å². The summed E-state index contributed by atoms with van der Waals surface area (Å²) in [4.78, 5) is 44.8. The molecule has 0 radical (unpaired) electrons. The topological polar surface area (TPSA) is 96.4 Å². The van der Waals surface area contributed by atoms with Crippen molar-refractivity contribution in [1.82, 2.24) is 4.90 Å². The standard InChI is InChI=1S/C28H34BrClN2O6/c1-5-12-31(18-10-8-17(30)9-11-18)26(35)24-28-14-19(29)23(38-28)21(27(36)37-13-6-2)22(28)25(34)32(24)20(15-33)16(4)7-3/h5-6,8-11,16,19-24,33H,1-2,7,12-15H2,3-4H3/t16-,19?,20-,21-,22-,23-,24?,28?/m0/s1. The molecule has 8 atom stereocenters. The van der Waals surface area contributed by atoms with Gasteiger partial charge in [-0.15, -0.1) is 6.58 Å². The molecule has 1 aromatic rings. The maximum atomic E-state index is 14.5. The quantitative estimate of drug-likeness (QED) is 0.233. The predicted octanol–water partition coefficient (Wildman–Crippen LogP) is 3.74. The fourth-order valence-electron chi connectivity index (χ4n) is 6.25. The number of halogens is 2. The lowest BCUT2D eigenvalue weighted by Crippen LogP contribution is -2.60. The van der Waals surface area contributed by atoms with Crippen LogP contribution in [0.4, 0.5) is 5.69 Å². The molecule has 4 rings (SSSR count). The van der Waals surface area contributed by atoms with Gasteiger partial charge in [-0.2, -0.15) is 0 Å². The van der Waals surface area contributed by atoms with Crippen LogP contribution in [0.2, 0.25) is 5.02 Å². The SMILES string of the molecule is C=CCOC(=O)[C@H]1[C@H]2C(=O)N([C@@H](CO)[C@@H](C)CC)C(C(=O)N(CC=C)c3ccc(Cl)cc3)C23CC(Br)[C@@H]1O3. The number of amides is 2. The molecule has 2 amide bonds. The second-order valence-corrected chi connectivity index (χ2v) is 11.8. The Morgan fingerprint density at radius 3 is 2.61 bits per heavy atom. The number of carbonyl (C=O) groups is 3. The molecule has 38 heavy (non-hydrogen) atoms. The van der Waals surface area contributed by atoms with Gasteiger partial charge in [-0.3, -0.25) is 14.4 Å². The van der Waals surface area contributed by atoms with Gasteiger partial charge in [0.25, 0.3) is 5.91 Å². The fraction of sp³-hybridized carbons (Fsp3) is 0.536. The number of ether oxygens (including phenoxy) is 2. The van der Waals surface area contributed by atoms with Crippen LogP contribution in [0.15, 0.2) is 49.6 Å². The number of benzene rings is 1. The van der Waals surface area contributed by atoms with Crippen LogP contribution in [0.25, 0.3) is 0 Å². The van der Waals surface area contributed by atoms with Crippen molar-refractivity contribution in [3.05, 3.63) is 54.6 Å². The molecule has 8 nitrogen and oxygen atoms in total. The van der Waals surface area contributed by atoms with Crippen LogP contribution in [0.1, 0.15) is 26.7 Å². The summed E-state index contributed by atoms with van der Waals surface area (Å²) in [6.07, 6.45) is 3.48. The second-order valence-electron chi connectivity index (χ2n) is 10.2. The van der Waals surface area contributed by atoms with E-state index < -0.39 is 41.6 Å². The predicted molar refractivity (Wildman–Crippen MR) is 148 cm³/mol. The van der Waals surface area contributed by atoms with E-state index in [1.807, 2.05) is 13.8 Å². The third-order valence-corrected chi connectivity index (χ3v) is 9.23. The minimum Gasteiger partial charge on any atom is -0.461 e. The maximum absolute atomic E-state index is 14.5. The lowest BCUT2D eigenvalue weighted by molar-refractivity contribution is -0.155. The third kappa shape index (κ3) is 4.61. The van der Waals surface area contributed by atoms with Crippen molar-refractivity contribution in [2.45, 2.75) is 55.3 Å². The van der Waals surface area contributed by atoms with Crippen molar-refractivity contribution < 1.29 is 29.0 Å². The molecular formula is C28H34BrClN2O6. The van der Waals surface area contributed by atoms with Crippen LogP contribution in [-0.4, -0.2) is 76.2 Å². The maximum Gasteiger partial charge on any atom is 0.312 e. The van der Waals surface area contributed by atoms with Crippen molar-refractivity contribution in [3.63, 3.8) is 0 Å². The zero-order valence-electron chi connectivity index (χ0n) is 21.6. The molecule has 3 fully saturated rings. The first-order valence-electron chi connectivity index (χ1n) is 12.9. The van der Waals surface area contributed by atoms with E-state index in [4.69, 9.17) is 21.1 Å². The molecule has 3 aliphatic rings. The van der Waals surface area contributed by atoms with Crippen LogP contribution < -0.4 is 4.90 Å². The van der Waals surface area contributed by atoms with Crippen molar-refractivity contribution >= 4 is 51.0 Å². The zero-order chi connectivity index (χ0) is 27.8. The summed E-state index contributed by atoms with van der Waals surface area (Å²) < 4.78 is 11.9. The van der Waals surface area contributed by atoms with E-state index in [2.05, 4.69) is 29.1 Å². The summed E-state index contributed by atoms with van der Waals surface area (Å²) in [6.45, 7) is 11.2. The molecule has 0 aliphatic carbocycles. The lowest BCUT2D eigenvalue weighted by atomic mass is 9.70. The molecule has 1 spiro atoms. The van der Waals surface area contributed by atoms with E-state index in [0.717, 1.165) is 0 Å². The minimum atomic E-state index is -1.27. The Balaban J connectivity index is 1.85. The van der Waals surface area contributed by atoms with Gasteiger partial charge in [-0.25, -0.2) is 0 Å².